The van der Waals surface area contributed by atoms with Crippen LogP contribution in [0.5, 0.6) is 0 Å². The minimum absolute atomic E-state index is 0. The number of aliphatic hydroxyl groups is 1. The van der Waals surface area contributed by atoms with Gasteiger partial charge < -0.3 is 5.11 Å². The van der Waals surface area contributed by atoms with Crippen molar-refractivity contribution in [3.05, 3.63) is 46.8 Å². The van der Waals surface area contributed by atoms with Crippen LogP contribution in [0.4, 0.5) is 0 Å². The molecule has 0 spiro atoms. The van der Waals surface area contributed by atoms with Gasteiger partial charge >= 0.3 is 0 Å². The van der Waals surface area contributed by atoms with E-state index in [4.69, 9.17) is 0 Å². The molecule has 2 nitrogen and oxygen atoms in total. The van der Waals surface area contributed by atoms with E-state index >= 15 is 0 Å². The van der Waals surface area contributed by atoms with Crippen LogP contribution < -0.4 is 10.6 Å². The van der Waals surface area contributed by atoms with Crippen LogP contribution in [0.1, 0.15) is 0 Å². The van der Waals surface area contributed by atoms with Gasteiger partial charge in [-0.05, 0) is 18.2 Å². The molecule has 13 heavy (non-hydrogen) atoms. The van der Waals surface area contributed by atoms with E-state index in [0.717, 1.165) is 5.22 Å². The SMILES string of the molecule is OC1=c2ncccc2=CC=C=C1.[Cr]. The maximum atomic E-state index is 9.44. The molecule has 0 unspecified atom stereocenters. The van der Waals surface area contributed by atoms with Crippen molar-refractivity contribution in [3.63, 3.8) is 0 Å². The molecule has 1 aliphatic carbocycles. The Labute approximate surface area is 86.4 Å². The zero-order chi connectivity index (χ0) is 8.39. The molecule has 0 aromatic carbocycles. The Morgan fingerprint density at radius 1 is 1.38 bits per heavy atom. The zero-order valence-electron chi connectivity index (χ0n) is 6.77. The molecule has 1 aliphatic rings. The predicted octanol–water partition coefficient (Wildman–Crippen LogP) is 0.251. The minimum atomic E-state index is 0. The molecular weight excluding hydrogens is 202 g/mol. The molecule has 1 aromatic heterocycles. The number of hydrogen-bond donors (Lipinski definition) is 1. The van der Waals surface area contributed by atoms with Crippen molar-refractivity contribution in [2.24, 2.45) is 0 Å². The summed E-state index contributed by atoms with van der Waals surface area (Å²) in [6, 6.07) is 3.73. The number of aliphatic hydroxyl groups excluding tert-OH is 1. The number of aromatic nitrogens is 1. The van der Waals surface area contributed by atoms with Gasteiger partial charge in [-0.15, -0.1) is 5.73 Å². The quantitative estimate of drug-likeness (QED) is 0.621. The summed E-state index contributed by atoms with van der Waals surface area (Å²) in [6.45, 7) is 0. The van der Waals surface area contributed by atoms with E-state index in [2.05, 4.69) is 10.7 Å². The molecule has 0 radical (unpaired) electrons. The molecule has 0 fully saturated rings. The monoisotopic (exact) mass is 209 g/mol. The Kier molecular flexibility index (Phi) is 3.11. The van der Waals surface area contributed by atoms with Crippen molar-refractivity contribution >= 4 is 11.8 Å². The van der Waals surface area contributed by atoms with E-state index in [1.807, 2.05) is 18.2 Å². The molecule has 3 heteroatoms. The Hall–Kier alpha value is -1.26. The van der Waals surface area contributed by atoms with Gasteiger partial charge in [-0.3, -0.25) is 4.98 Å². The second-order valence-corrected chi connectivity index (χ2v) is 2.47. The van der Waals surface area contributed by atoms with Gasteiger partial charge in [-0.25, -0.2) is 0 Å². The average Bonchev–Trinajstić information content (AvgIpc) is 2.29. The maximum Gasteiger partial charge on any atom is 0.149 e. The van der Waals surface area contributed by atoms with Gasteiger partial charge in [0, 0.05) is 34.9 Å². The Morgan fingerprint density at radius 3 is 3.08 bits per heavy atom. The molecule has 0 amide bonds. The maximum absolute atomic E-state index is 9.44. The summed E-state index contributed by atoms with van der Waals surface area (Å²) >= 11 is 0. The van der Waals surface area contributed by atoms with Crippen molar-refractivity contribution in [2.45, 2.75) is 0 Å². The van der Waals surface area contributed by atoms with Crippen molar-refractivity contribution < 1.29 is 22.5 Å². The third-order valence-corrected chi connectivity index (χ3v) is 1.66. The van der Waals surface area contributed by atoms with Gasteiger partial charge in [-0.2, -0.15) is 0 Å². The largest absolute Gasteiger partial charge is 0.505 e. The first-order valence-electron chi connectivity index (χ1n) is 3.65. The summed E-state index contributed by atoms with van der Waals surface area (Å²) in [4.78, 5) is 4.05. The summed E-state index contributed by atoms with van der Waals surface area (Å²) in [5, 5.41) is 11.0. The number of nitrogens with zero attached hydrogens (tertiary/aromatic N) is 1. The molecule has 1 heterocycles. The first kappa shape index (κ1) is 9.83. The van der Waals surface area contributed by atoms with Crippen LogP contribution in [0.3, 0.4) is 0 Å². The first-order chi connectivity index (χ1) is 5.88. The van der Waals surface area contributed by atoms with Gasteiger partial charge in [0.15, 0.2) is 0 Å². The molecule has 0 bridgehead atoms. The first-order valence-corrected chi connectivity index (χ1v) is 3.65. The third kappa shape index (κ3) is 1.91. The standard InChI is InChI=1S/C10H7NO.Cr/c12-9-6-2-1-4-8-5-3-7-11-10(8)9;/h1,3-7,12H;. The van der Waals surface area contributed by atoms with Crippen LogP contribution in [0, 0.1) is 0 Å². The number of fused-ring (bicyclic) bond motifs is 1. The molecule has 64 valence electrons. The number of pyridine rings is 1. The van der Waals surface area contributed by atoms with E-state index in [1.165, 1.54) is 6.08 Å². The third-order valence-electron chi connectivity index (χ3n) is 1.66. The summed E-state index contributed by atoms with van der Waals surface area (Å²) in [7, 11) is 0. The van der Waals surface area contributed by atoms with Gasteiger partial charge in [0.2, 0.25) is 0 Å². The van der Waals surface area contributed by atoms with Crippen LogP contribution in [0.2, 0.25) is 0 Å². The van der Waals surface area contributed by atoms with Gasteiger partial charge in [0.05, 0.1) is 0 Å². The average molecular weight is 209 g/mol. The minimum Gasteiger partial charge on any atom is -0.505 e. The van der Waals surface area contributed by atoms with Gasteiger partial charge in [-0.1, -0.05) is 6.07 Å². The van der Waals surface area contributed by atoms with Crippen LogP contribution in [-0.4, -0.2) is 10.1 Å². The van der Waals surface area contributed by atoms with Crippen molar-refractivity contribution in [2.75, 3.05) is 0 Å². The van der Waals surface area contributed by atoms with Crippen LogP contribution in [-0.2, 0) is 17.4 Å². The van der Waals surface area contributed by atoms with E-state index in [9.17, 15) is 5.11 Å². The van der Waals surface area contributed by atoms with E-state index in [1.54, 1.807) is 12.3 Å². The Balaban J connectivity index is 0.000000845. The summed E-state index contributed by atoms with van der Waals surface area (Å²) in [5.74, 6) is 0.163. The molecular formula is C10H7CrNO. The fraction of sp³-hybridized carbons (Fsp3) is 0. The molecule has 0 saturated carbocycles. The summed E-state index contributed by atoms with van der Waals surface area (Å²) < 4.78 is 0. The fourth-order valence-electron chi connectivity index (χ4n) is 1.10. The van der Waals surface area contributed by atoms with E-state index in [0.29, 0.717) is 5.35 Å². The van der Waals surface area contributed by atoms with Crippen LogP contribution in [0.25, 0.3) is 11.8 Å². The van der Waals surface area contributed by atoms with Gasteiger partial charge in [0.25, 0.3) is 0 Å². The Bertz CT molecular complexity index is 484. The summed E-state index contributed by atoms with van der Waals surface area (Å²) in [5.41, 5.74) is 2.81. The van der Waals surface area contributed by atoms with Crippen molar-refractivity contribution in [1.29, 1.82) is 0 Å². The second-order valence-electron chi connectivity index (χ2n) is 2.47. The summed E-state index contributed by atoms with van der Waals surface area (Å²) in [6.07, 6.45) is 6.78. The predicted molar refractivity (Wildman–Crippen MR) is 46.6 cm³/mol. The number of hydrogen-bond acceptors (Lipinski definition) is 2. The molecule has 2 rings (SSSR count). The molecule has 1 N–H and O–H groups in total. The zero-order valence-corrected chi connectivity index (χ0v) is 8.04. The van der Waals surface area contributed by atoms with E-state index in [-0.39, 0.29) is 23.1 Å². The molecule has 1 aromatic rings. The molecule has 0 saturated heterocycles. The molecule has 0 aliphatic heterocycles. The number of rotatable bonds is 0. The van der Waals surface area contributed by atoms with Crippen LogP contribution in [0.15, 0.2) is 36.2 Å². The topological polar surface area (TPSA) is 33.1 Å². The van der Waals surface area contributed by atoms with E-state index < -0.39 is 0 Å². The normalized spacial score (nSPS) is 12.5. The fourth-order valence-corrected chi connectivity index (χ4v) is 1.10. The van der Waals surface area contributed by atoms with Crippen molar-refractivity contribution in [1.82, 2.24) is 4.98 Å². The second kappa shape index (κ2) is 4.11. The van der Waals surface area contributed by atoms with Gasteiger partial charge in [0.1, 0.15) is 11.1 Å². The molecule has 0 atom stereocenters. The van der Waals surface area contributed by atoms with Crippen LogP contribution >= 0.6 is 0 Å². The smallest absolute Gasteiger partial charge is 0.149 e. The Morgan fingerprint density at radius 2 is 2.23 bits per heavy atom. The van der Waals surface area contributed by atoms with Crippen molar-refractivity contribution in [3.8, 4) is 0 Å².